The van der Waals surface area contributed by atoms with Gasteiger partial charge < -0.3 is 20.5 Å². The Labute approximate surface area is 141 Å². The monoisotopic (exact) mass is 341 g/mol. The van der Waals surface area contributed by atoms with E-state index in [-0.39, 0.29) is 18.1 Å². The van der Waals surface area contributed by atoms with E-state index in [4.69, 9.17) is 22.1 Å². The molecule has 1 saturated heterocycles. The van der Waals surface area contributed by atoms with Crippen molar-refractivity contribution in [1.82, 2.24) is 9.80 Å². The fourth-order valence-corrected chi connectivity index (χ4v) is 3.03. The summed E-state index contributed by atoms with van der Waals surface area (Å²) in [6.07, 6.45) is -0.379. The average Bonchev–Trinajstić information content (AvgIpc) is 2.50. The Hall–Kier alpha value is -1.50. The van der Waals surface area contributed by atoms with Crippen molar-refractivity contribution in [3.63, 3.8) is 0 Å². The number of carbonyl (C=O) groups is 1. The molecule has 2 rings (SSSR count). The van der Waals surface area contributed by atoms with Crippen LogP contribution in [0.2, 0.25) is 5.02 Å². The molecule has 3 N–H and O–H groups in total. The van der Waals surface area contributed by atoms with Crippen molar-refractivity contribution in [2.45, 2.75) is 26.0 Å². The molecule has 0 radical (unpaired) electrons. The minimum Gasteiger partial charge on any atom is -0.496 e. The number of amides is 1. The number of hydrogen-bond donors (Lipinski definition) is 2. The average molecular weight is 342 g/mol. The van der Waals surface area contributed by atoms with Crippen LogP contribution in [0.3, 0.4) is 0 Å². The number of aliphatic hydroxyl groups is 1. The van der Waals surface area contributed by atoms with E-state index >= 15 is 0 Å². The highest BCUT2D eigenvalue weighted by Gasteiger charge is 2.29. The number of aliphatic hydroxyl groups excluding tert-OH is 1. The summed E-state index contributed by atoms with van der Waals surface area (Å²) in [6, 6.07) is 3.31. The zero-order chi connectivity index (χ0) is 17.1. The van der Waals surface area contributed by atoms with Crippen LogP contribution in [-0.2, 0) is 0 Å². The van der Waals surface area contributed by atoms with Crippen LogP contribution in [0.15, 0.2) is 12.1 Å². The van der Waals surface area contributed by atoms with Gasteiger partial charge in [-0.3, -0.25) is 9.69 Å². The first-order valence-corrected chi connectivity index (χ1v) is 8.05. The maximum absolute atomic E-state index is 12.8. The first-order chi connectivity index (χ1) is 10.8. The van der Waals surface area contributed by atoms with Gasteiger partial charge in [0.25, 0.3) is 5.91 Å². The lowest BCUT2D eigenvalue weighted by molar-refractivity contribution is 0.0363. The molecule has 128 valence electrons. The van der Waals surface area contributed by atoms with Crippen molar-refractivity contribution in [2.75, 3.05) is 39.0 Å². The van der Waals surface area contributed by atoms with Gasteiger partial charge in [0.2, 0.25) is 0 Å². The van der Waals surface area contributed by atoms with Crippen LogP contribution in [0, 0.1) is 0 Å². The molecule has 0 spiro atoms. The van der Waals surface area contributed by atoms with E-state index < -0.39 is 0 Å². The van der Waals surface area contributed by atoms with Crippen LogP contribution in [0.25, 0.3) is 0 Å². The molecule has 1 amide bonds. The molecule has 1 aromatic rings. The highest BCUT2D eigenvalue weighted by atomic mass is 35.5. The molecule has 0 aromatic heterocycles. The van der Waals surface area contributed by atoms with Gasteiger partial charge in [0, 0.05) is 38.3 Å². The molecule has 6 nitrogen and oxygen atoms in total. The van der Waals surface area contributed by atoms with Gasteiger partial charge in [-0.15, -0.1) is 0 Å². The van der Waals surface area contributed by atoms with E-state index in [1.807, 2.05) is 0 Å². The lowest BCUT2D eigenvalue weighted by atomic mass is 10.1. The summed E-state index contributed by atoms with van der Waals surface area (Å²) >= 11 is 6.05. The minimum atomic E-state index is -0.379. The van der Waals surface area contributed by atoms with Crippen molar-refractivity contribution in [1.29, 1.82) is 0 Å². The van der Waals surface area contributed by atoms with Crippen LogP contribution >= 0.6 is 11.6 Å². The molecule has 0 bridgehead atoms. The molecule has 7 heteroatoms. The minimum absolute atomic E-state index is 0.118. The number of hydrogen-bond acceptors (Lipinski definition) is 5. The van der Waals surface area contributed by atoms with E-state index in [9.17, 15) is 9.90 Å². The molecule has 0 aliphatic carbocycles. The molecule has 0 saturated carbocycles. The Morgan fingerprint density at radius 2 is 2.22 bits per heavy atom. The zero-order valence-corrected chi connectivity index (χ0v) is 14.5. The Kier molecular flexibility index (Phi) is 5.73. The largest absolute Gasteiger partial charge is 0.496 e. The zero-order valence-electron chi connectivity index (χ0n) is 13.8. The first kappa shape index (κ1) is 17.8. The van der Waals surface area contributed by atoms with Crippen LogP contribution in [0.5, 0.6) is 5.75 Å². The maximum atomic E-state index is 12.8. The van der Waals surface area contributed by atoms with Crippen LogP contribution in [0.4, 0.5) is 5.69 Å². The Balaban J connectivity index is 2.15. The standard InChI is InChI=1S/C16H24ClN3O3/c1-10-8-20(5-4-19(10)9-11(2)21)16(22)12-6-13(17)14(18)7-15(12)23-3/h6-7,10-11,21H,4-5,8-9,18H2,1-3H3. The molecular weight excluding hydrogens is 318 g/mol. The van der Waals surface area contributed by atoms with Crippen molar-refractivity contribution in [2.24, 2.45) is 0 Å². The first-order valence-electron chi connectivity index (χ1n) is 7.67. The quantitative estimate of drug-likeness (QED) is 0.810. The molecule has 1 heterocycles. The van der Waals surface area contributed by atoms with E-state index in [1.54, 1.807) is 24.0 Å². The Bertz CT molecular complexity index is 580. The summed E-state index contributed by atoms with van der Waals surface area (Å²) in [5.74, 6) is 0.309. The van der Waals surface area contributed by atoms with Gasteiger partial charge in [-0.1, -0.05) is 11.6 Å². The van der Waals surface area contributed by atoms with Gasteiger partial charge in [-0.25, -0.2) is 0 Å². The normalized spacial score (nSPS) is 20.4. The fraction of sp³-hybridized carbons (Fsp3) is 0.562. The van der Waals surface area contributed by atoms with Gasteiger partial charge in [0.15, 0.2) is 0 Å². The smallest absolute Gasteiger partial charge is 0.257 e. The van der Waals surface area contributed by atoms with Crippen LogP contribution < -0.4 is 10.5 Å². The summed E-state index contributed by atoms with van der Waals surface area (Å²) in [5.41, 5.74) is 6.57. The number of nitrogens with zero attached hydrogens (tertiary/aromatic N) is 2. The number of piperazine rings is 1. The predicted octanol–water partition coefficient (Wildman–Crippen LogP) is 1.46. The Morgan fingerprint density at radius 1 is 1.52 bits per heavy atom. The second kappa shape index (κ2) is 7.38. The van der Waals surface area contributed by atoms with Crippen molar-refractivity contribution in [3.05, 3.63) is 22.7 Å². The number of nitrogen functional groups attached to an aromatic ring is 1. The summed E-state index contributed by atoms with van der Waals surface area (Å²) in [4.78, 5) is 16.8. The third-order valence-electron chi connectivity index (χ3n) is 4.10. The number of β-amino-alcohol motifs (C(OH)–C–C–N with tert-alkyl or cyclic N) is 1. The molecule has 2 unspecified atom stereocenters. The summed E-state index contributed by atoms with van der Waals surface area (Å²) in [6.45, 7) is 6.35. The number of halogens is 1. The highest BCUT2D eigenvalue weighted by molar-refractivity contribution is 6.33. The molecule has 23 heavy (non-hydrogen) atoms. The third-order valence-corrected chi connectivity index (χ3v) is 4.43. The lowest BCUT2D eigenvalue weighted by Crippen LogP contribution is -2.54. The Morgan fingerprint density at radius 3 is 2.78 bits per heavy atom. The molecule has 1 aromatic carbocycles. The van der Waals surface area contributed by atoms with Crippen LogP contribution in [-0.4, -0.2) is 66.2 Å². The number of nitrogens with two attached hydrogens (primary N) is 1. The summed E-state index contributed by atoms with van der Waals surface area (Å²) in [5, 5.41) is 9.88. The molecule has 1 aliphatic rings. The third kappa shape index (κ3) is 4.07. The van der Waals surface area contributed by atoms with Gasteiger partial charge in [-0.05, 0) is 19.9 Å². The van der Waals surface area contributed by atoms with E-state index in [1.165, 1.54) is 7.11 Å². The highest BCUT2D eigenvalue weighted by Crippen LogP contribution is 2.30. The van der Waals surface area contributed by atoms with Crippen molar-refractivity contribution in [3.8, 4) is 5.75 Å². The van der Waals surface area contributed by atoms with Crippen LogP contribution in [0.1, 0.15) is 24.2 Å². The number of carbonyl (C=O) groups excluding carboxylic acids is 1. The van der Waals surface area contributed by atoms with E-state index in [0.717, 1.165) is 6.54 Å². The van der Waals surface area contributed by atoms with E-state index in [2.05, 4.69) is 11.8 Å². The lowest BCUT2D eigenvalue weighted by Gasteiger charge is -2.40. The summed E-state index contributed by atoms with van der Waals surface area (Å²) in [7, 11) is 1.50. The van der Waals surface area contributed by atoms with E-state index in [0.29, 0.717) is 41.7 Å². The van der Waals surface area contributed by atoms with Gasteiger partial charge in [-0.2, -0.15) is 0 Å². The molecule has 1 fully saturated rings. The van der Waals surface area contributed by atoms with Crippen molar-refractivity contribution >= 4 is 23.2 Å². The molecule has 1 aliphatic heterocycles. The molecular formula is C16H24ClN3O3. The number of ether oxygens (including phenoxy) is 1. The number of benzene rings is 1. The fourth-order valence-electron chi connectivity index (χ4n) is 2.87. The van der Waals surface area contributed by atoms with Crippen molar-refractivity contribution < 1.29 is 14.6 Å². The number of methoxy groups -OCH3 is 1. The van der Waals surface area contributed by atoms with Gasteiger partial charge >= 0.3 is 0 Å². The maximum Gasteiger partial charge on any atom is 0.257 e. The molecule has 2 atom stereocenters. The number of anilines is 1. The van der Waals surface area contributed by atoms with Gasteiger partial charge in [0.05, 0.1) is 29.5 Å². The van der Waals surface area contributed by atoms with Gasteiger partial charge in [0.1, 0.15) is 5.75 Å². The summed E-state index contributed by atoms with van der Waals surface area (Å²) < 4.78 is 5.26. The number of rotatable bonds is 4. The topological polar surface area (TPSA) is 79.0 Å². The second-order valence-electron chi connectivity index (χ2n) is 6.02. The SMILES string of the molecule is COc1cc(N)c(Cl)cc1C(=O)N1CCN(CC(C)O)C(C)C1. The predicted molar refractivity (Wildman–Crippen MR) is 91.0 cm³/mol. The second-order valence-corrected chi connectivity index (χ2v) is 6.43.